The summed E-state index contributed by atoms with van der Waals surface area (Å²) in [4.78, 5) is 41.9. The van der Waals surface area contributed by atoms with Crippen LogP contribution < -0.4 is 20.3 Å². The lowest BCUT2D eigenvalue weighted by atomic mass is 9.82. The molecule has 30 heavy (non-hydrogen) atoms. The fraction of sp³-hybridized carbons (Fsp3) is 0.600. The van der Waals surface area contributed by atoms with Crippen LogP contribution >= 0.6 is 0 Å². The number of anilines is 2. The Morgan fingerprint density at radius 1 is 1.30 bits per heavy atom. The third-order valence-corrected chi connectivity index (χ3v) is 5.32. The molecule has 1 saturated carbocycles. The Bertz CT molecular complexity index is 873. The Morgan fingerprint density at radius 3 is 2.73 bits per heavy atom. The van der Waals surface area contributed by atoms with E-state index in [2.05, 4.69) is 15.6 Å². The number of amides is 3. The minimum atomic E-state index is -0.611. The van der Waals surface area contributed by atoms with Crippen LogP contribution in [-0.4, -0.2) is 53.5 Å². The van der Waals surface area contributed by atoms with Gasteiger partial charge >= 0.3 is 12.2 Å². The van der Waals surface area contributed by atoms with Crippen LogP contribution in [0.4, 0.5) is 21.2 Å². The molecule has 0 atom stereocenters. The van der Waals surface area contributed by atoms with Crippen LogP contribution in [0.2, 0.25) is 0 Å². The van der Waals surface area contributed by atoms with Crippen molar-refractivity contribution in [2.45, 2.75) is 63.7 Å². The molecule has 2 aliphatic heterocycles. The quantitative estimate of drug-likeness (QED) is 0.757. The molecule has 3 heterocycles. The number of nitrogens with one attached hydrogen (secondary N) is 2. The molecule has 10 heteroatoms. The van der Waals surface area contributed by atoms with Crippen molar-refractivity contribution in [2.24, 2.45) is 0 Å². The van der Waals surface area contributed by atoms with Crippen molar-refractivity contribution >= 4 is 29.7 Å². The molecular weight excluding hydrogens is 392 g/mol. The molecule has 1 aromatic rings. The molecule has 4 rings (SSSR count). The zero-order chi connectivity index (χ0) is 21.5. The fourth-order valence-corrected chi connectivity index (χ4v) is 3.93. The highest BCUT2D eigenvalue weighted by molar-refractivity contribution is 5.95. The number of hydrogen-bond donors (Lipinski definition) is 2. The first-order valence-electron chi connectivity index (χ1n) is 10.1. The predicted octanol–water partition coefficient (Wildman–Crippen LogP) is 2.58. The fourth-order valence-electron chi connectivity index (χ4n) is 3.93. The Morgan fingerprint density at radius 2 is 2.03 bits per heavy atom. The highest BCUT2D eigenvalue weighted by atomic mass is 16.6. The molecule has 0 bridgehead atoms. The number of aromatic nitrogens is 1. The van der Waals surface area contributed by atoms with Gasteiger partial charge in [-0.25, -0.2) is 14.6 Å². The maximum Gasteiger partial charge on any atom is 0.416 e. The van der Waals surface area contributed by atoms with E-state index < -0.39 is 23.4 Å². The molecule has 0 radical (unpaired) electrons. The summed E-state index contributed by atoms with van der Waals surface area (Å²) in [5, 5.41) is 5.54. The number of hydrogen-bond acceptors (Lipinski definition) is 7. The number of pyridine rings is 1. The van der Waals surface area contributed by atoms with E-state index in [0.717, 1.165) is 0 Å². The van der Waals surface area contributed by atoms with E-state index in [-0.39, 0.29) is 18.6 Å². The number of nitrogens with zero attached hydrogens (tertiary/aromatic N) is 2. The maximum absolute atomic E-state index is 12.6. The van der Waals surface area contributed by atoms with Crippen molar-refractivity contribution in [1.82, 2.24) is 10.3 Å². The Labute approximate surface area is 174 Å². The van der Waals surface area contributed by atoms with Gasteiger partial charge in [-0.2, -0.15) is 0 Å². The zero-order valence-corrected chi connectivity index (χ0v) is 17.3. The summed E-state index contributed by atoms with van der Waals surface area (Å²) in [7, 11) is 0. The van der Waals surface area contributed by atoms with Crippen molar-refractivity contribution in [3.05, 3.63) is 12.1 Å². The summed E-state index contributed by atoms with van der Waals surface area (Å²) in [6.45, 7) is 5.77. The van der Waals surface area contributed by atoms with Gasteiger partial charge in [0.15, 0.2) is 18.2 Å². The van der Waals surface area contributed by atoms with Crippen molar-refractivity contribution in [3.63, 3.8) is 0 Å². The summed E-state index contributed by atoms with van der Waals surface area (Å²) in [6.07, 6.45) is 1.71. The van der Waals surface area contributed by atoms with Crippen LogP contribution in [0.5, 0.6) is 5.75 Å². The molecule has 162 valence electrons. The van der Waals surface area contributed by atoms with Gasteiger partial charge in [-0.1, -0.05) is 0 Å². The molecule has 1 aliphatic carbocycles. The monoisotopic (exact) mass is 418 g/mol. The van der Waals surface area contributed by atoms with Gasteiger partial charge in [-0.05, 0) is 58.6 Å². The molecule has 1 spiro atoms. The zero-order valence-electron chi connectivity index (χ0n) is 17.3. The highest BCUT2D eigenvalue weighted by Gasteiger charge is 2.48. The third-order valence-electron chi connectivity index (χ3n) is 5.32. The van der Waals surface area contributed by atoms with E-state index in [9.17, 15) is 14.4 Å². The SMILES string of the molecule is CC(C)(C)OC(=O)NC1CCC2(CC1)CN(c1ccc3c(n1)NC(=O)CO3)C(=O)O2. The molecule has 1 saturated heterocycles. The first-order valence-corrected chi connectivity index (χ1v) is 10.1. The van der Waals surface area contributed by atoms with Crippen molar-refractivity contribution in [2.75, 3.05) is 23.4 Å². The molecule has 0 aromatic carbocycles. The van der Waals surface area contributed by atoms with E-state index >= 15 is 0 Å². The number of carbonyl (C=O) groups is 3. The summed E-state index contributed by atoms with van der Waals surface area (Å²) >= 11 is 0. The summed E-state index contributed by atoms with van der Waals surface area (Å²) in [5.74, 6) is 0.871. The van der Waals surface area contributed by atoms with Gasteiger partial charge in [0.2, 0.25) is 0 Å². The van der Waals surface area contributed by atoms with Gasteiger partial charge in [0.1, 0.15) is 17.0 Å². The van der Waals surface area contributed by atoms with Gasteiger partial charge < -0.3 is 24.8 Å². The highest BCUT2D eigenvalue weighted by Crippen LogP contribution is 2.39. The number of ether oxygens (including phenoxy) is 3. The maximum atomic E-state index is 12.6. The minimum Gasteiger partial charge on any atom is -0.480 e. The number of alkyl carbamates (subject to hydrolysis) is 1. The molecule has 0 unspecified atom stereocenters. The van der Waals surface area contributed by atoms with Gasteiger partial charge in [-0.3, -0.25) is 9.69 Å². The average molecular weight is 418 g/mol. The van der Waals surface area contributed by atoms with Gasteiger partial charge in [0, 0.05) is 6.04 Å². The minimum absolute atomic E-state index is 0.0209. The average Bonchev–Trinajstić information content (AvgIpc) is 2.98. The van der Waals surface area contributed by atoms with Crippen LogP contribution in [0.25, 0.3) is 0 Å². The van der Waals surface area contributed by atoms with Gasteiger partial charge in [-0.15, -0.1) is 0 Å². The molecule has 2 fully saturated rings. The molecule has 3 amide bonds. The summed E-state index contributed by atoms with van der Waals surface area (Å²) in [6, 6.07) is 3.33. The number of fused-ring (bicyclic) bond motifs is 1. The smallest absolute Gasteiger partial charge is 0.416 e. The Hall–Kier alpha value is -3.04. The second kappa shape index (κ2) is 7.33. The van der Waals surface area contributed by atoms with Gasteiger partial charge in [0.05, 0.1) is 6.54 Å². The van der Waals surface area contributed by atoms with Crippen molar-refractivity contribution in [1.29, 1.82) is 0 Å². The Balaban J connectivity index is 1.38. The standard InChI is InChI=1S/C20H26N4O6/c1-19(2,3)29-17(26)21-12-6-8-20(9-7-12)11-24(18(27)30-20)14-5-4-13-16(22-14)23-15(25)10-28-13/h4-5,12H,6-11H2,1-3H3,(H,21,26)(H,22,23,25). The van der Waals surface area contributed by atoms with E-state index in [4.69, 9.17) is 14.2 Å². The lowest BCUT2D eigenvalue weighted by molar-refractivity contribution is -0.118. The van der Waals surface area contributed by atoms with Crippen LogP contribution in [0, 0.1) is 0 Å². The van der Waals surface area contributed by atoms with Gasteiger partial charge in [0.25, 0.3) is 5.91 Å². The first-order chi connectivity index (χ1) is 14.1. The molecule has 10 nitrogen and oxygen atoms in total. The topological polar surface area (TPSA) is 119 Å². The summed E-state index contributed by atoms with van der Waals surface area (Å²) < 4.78 is 16.4. The number of rotatable bonds is 2. The summed E-state index contributed by atoms with van der Waals surface area (Å²) in [5.41, 5.74) is -1.16. The number of carbonyl (C=O) groups excluding carboxylic acids is 3. The third kappa shape index (κ3) is 4.27. The van der Waals surface area contributed by atoms with E-state index in [1.165, 1.54) is 4.90 Å². The van der Waals surface area contributed by atoms with E-state index in [1.807, 2.05) is 20.8 Å². The molecule has 1 aromatic heterocycles. The van der Waals surface area contributed by atoms with Crippen molar-refractivity contribution < 1.29 is 28.6 Å². The van der Waals surface area contributed by atoms with Crippen LogP contribution in [0.3, 0.4) is 0 Å². The normalized spacial score (nSPS) is 25.8. The second-order valence-electron chi connectivity index (χ2n) is 8.91. The molecular formula is C20H26N4O6. The molecule has 3 aliphatic rings. The lowest BCUT2D eigenvalue weighted by Crippen LogP contribution is -2.46. The van der Waals surface area contributed by atoms with Crippen LogP contribution in [0.1, 0.15) is 46.5 Å². The predicted molar refractivity (Wildman–Crippen MR) is 107 cm³/mol. The van der Waals surface area contributed by atoms with Crippen LogP contribution in [-0.2, 0) is 14.3 Å². The Kier molecular flexibility index (Phi) is 4.95. The lowest BCUT2D eigenvalue weighted by Gasteiger charge is -2.35. The van der Waals surface area contributed by atoms with Crippen LogP contribution in [0.15, 0.2) is 12.1 Å². The van der Waals surface area contributed by atoms with E-state index in [1.54, 1.807) is 12.1 Å². The van der Waals surface area contributed by atoms with E-state index in [0.29, 0.717) is 49.6 Å². The van der Waals surface area contributed by atoms with Crippen molar-refractivity contribution in [3.8, 4) is 5.75 Å². The first kappa shape index (κ1) is 20.2. The largest absolute Gasteiger partial charge is 0.480 e. The molecule has 2 N–H and O–H groups in total. The second-order valence-corrected chi connectivity index (χ2v) is 8.91.